The number of piperidine rings is 1. The van der Waals surface area contributed by atoms with Gasteiger partial charge in [-0.25, -0.2) is 0 Å². The van der Waals surface area contributed by atoms with Crippen molar-refractivity contribution >= 4 is 39.2 Å². The summed E-state index contributed by atoms with van der Waals surface area (Å²) in [7, 11) is 0. The molecule has 17 heavy (non-hydrogen) atoms. The van der Waals surface area contributed by atoms with Gasteiger partial charge in [0.15, 0.2) is 0 Å². The lowest BCUT2D eigenvalue weighted by molar-refractivity contribution is -0.127. The Morgan fingerprint density at radius 1 is 1.65 bits per heavy atom. The van der Waals surface area contributed by atoms with E-state index < -0.39 is 0 Å². The molecule has 1 aromatic heterocycles. The molecule has 1 fully saturated rings. The van der Waals surface area contributed by atoms with Gasteiger partial charge in [-0.3, -0.25) is 4.79 Å². The number of nitrogens with zero attached hydrogens (tertiary/aromatic N) is 1. The van der Waals surface area contributed by atoms with E-state index in [2.05, 4.69) is 15.9 Å². The van der Waals surface area contributed by atoms with Gasteiger partial charge in [-0.15, -0.1) is 11.3 Å². The van der Waals surface area contributed by atoms with Gasteiger partial charge in [-0.05, 0) is 51.9 Å². The lowest BCUT2D eigenvalue weighted by Gasteiger charge is -2.29. The molecule has 1 unspecified atom stereocenters. The van der Waals surface area contributed by atoms with E-state index in [4.69, 9.17) is 5.73 Å². The first kappa shape index (κ1) is 12.8. The normalized spacial score (nSPS) is 21.1. The van der Waals surface area contributed by atoms with Crippen LogP contribution >= 0.6 is 27.3 Å². The molecule has 1 aromatic rings. The molecule has 0 radical (unpaired) electrons. The largest absolute Gasteiger partial charge is 0.338 e. The van der Waals surface area contributed by atoms with Crippen molar-refractivity contribution in [1.82, 2.24) is 4.90 Å². The predicted molar refractivity (Wildman–Crippen MR) is 74.8 cm³/mol. The number of rotatable bonds is 2. The van der Waals surface area contributed by atoms with Crippen molar-refractivity contribution in [2.45, 2.75) is 18.9 Å². The van der Waals surface area contributed by atoms with Gasteiger partial charge in [0.2, 0.25) is 5.91 Å². The molecule has 1 atom stereocenters. The van der Waals surface area contributed by atoms with Crippen molar-refractivity contribution < 1.29 is 4.79 Å². The fourth-order valence-corrected chi connectivity index (χ4v) is 3.04. The minimum Gasteiger partial charge on any atom is -0.338 e. The molecule has 1 saturated heterocycles. The Labute approximate surface area is 113 Å². The standard InChI is InChI=1S/C12H15BrN2OS/c13-11-6-9(8-17-11)3-4-12(16)15-5-1-2-10(14)7-15/h3-4,6,8,10H,1-2,5,7,14H2/b4-3+. The molecule has 0 aliphatic carbocycles. The molecule has 0 spiro atoms. The van der Waals surface area contributed by atoms with Gasteiger partial charge in [0, 0.05) is 25.2 Å². The summed E-state index contributed by atoms with van der Waals surface area (Å²) in [6, 6.07) is 2.13. The van der Waals surface area contributed by atoms with E-state index in [1.54, 1.807) is 17.4 Å². The summed E-state index contributed by atoms with van der Waals surface area (Å²) >= 11 is 5.01. The van der Waals surface area contributed by atoms with Gasteiger partial charge < -0.3 is 10.6 Å². The first-order chi connectivity index (χ1) is 8.15. The molecule has 5 heteroatoms. The molecule has 1 amide bonds. The van der Waals surface area contributed by atoms with Gasteiger partial charge in [0.1, 0.15) is 0 Å². The average Bonchev–Trinajstić information content (AvgIpc) is 2.72. The number of hydrogen-bond donors (Lipinski definition) is 1. The second-order valence-electron chi connectivity index (χ2n) is 4.20. The molecular formula is C12H15BrN2OS. The molecule has 2 heterocycles. The Morgan fingerprint density at radius 2 is 2.47 bits per heavy atom. The highest BCUT2D eigenvalue weighted by Gasteiger charge is 2.19. The number of carbonyl (C=O) groups is 1. The molecular weight excluding hydrogens is 300 g/mol. The van der Waals surface area contributed by atoms with E-state index in [-0.39, 0.29) is 11.9 Å². The SMILES string of the molecule is NC1CCCN(C(=O)/C=C/c2csc(Br)c2)C1. The molecule has 0 aromatic carbocycles. The van der Waals surface area contributed by atoms with Crippen molar-refractivity contribution in [2.24, 2.45) is 5.73 Å². The number of nitrogens with two attached hydrogens (primary N) is 1. The van der Waals surface area contributed by atoms with Crippen LogP contribution in [0, 0.1) is 0 Å². The van der Waals surface area contributed by atoms with Crippen LogP contribution in [0.2, 0.25) is 0 Å². The summed E-state index contributed by atoms with van der Waals surface area (Å²) in [5.41, 5.74) is 6.90. The Morgan fingerprint density at radius 3 is 3.12 bits per heavy atom. The van der Waals surface area contributed by atoms with E-state index in [1.807, 2.05) is 22.4 Å². The number of likely N-dealkylation sites (tertiary alicyclic amines) is 1. The van der Waals surface area contributed by atoms with Crippen LogP contribution in [0.4, 0.5) is 0 Å². The lowest BCUT2D eigenvalue weighted by Crippen LogP contribution is -2.45. The maximum Gasteiger partial charge on any atom is 0.246 e. The van der Waals surface area contributed by atoms with Crippen molar-refractivity contribution in [1.29, 1.82) is 0 Å². The summed E-state index contributed by atoms with van der Waals surface area (Å²) in [6.45, 7) is 1.50. The summed E-state index contributed by atoms with van der Waals surface area (Å²) in [4.78, 5) is 13.7. The molecule has 1 aliphatic heterocycles. The Kier molecular flexibility index (Phi) is 4.36. The van der Waals surface area contributed by atoms with Crippen LogP contribution in [0.3, 0.4) is 0 Å². The van der Waals surface area contributed by atoms with Crippen LogP contribution in [0.15, 0.2) is 21.3 Å². The fourth-order valence-electron chi connectivity index (χ4n) is 1.89. The monoisotopic (exact) mass is 314 g/mol. The fraction of sp³-hybridized carbons (Fsp3) is 0.417. The maximum absolute atomic E-state index is 11.9. The van der Waals surface area contributed by atoms with Crippen molar-refractivity contribution in [2.75, 3.05) is 13.1 Å². The zero-order valence-corrected chi connectivity index (χ0v) is 11.8. The highest BCUT2D eigenvalue weighted by Crippen LogP contribution is 2.21. The molecule has 3 nitrogen and oxygen atoms in total. The van der Waals surface area contributed by atoms with Crippen LogP contribution in [-0.2, 0) is 4.79 Å². The van der Waals surface area contributed by atoms with E-state index in [0.29, 0.717) is 6.54 Å². The number of thiophene rings is 1. The first-order valence-corrected chi connectivity index (χ1v) is 7.29. The van der Waals surface area contributed by atoms with Crippen molar-refractivity contribution in [3.63, 3.8) is 0 Å². The zero-order chi connectivity index (χ0) is 12.3. The van der Waals surface area contributed by atoms with Gasteiger partial charge in [-0.1, -0.05) is 0 Å². The molecule has 1 aliphatic rings. The Hall–Kier alpha value is -0.650. The molecule has 2 N–H and O–H groups in total. The van der Waals surface area contributed by atoms with Gasteiger partial charge >= 0.3 is 0 Å². The number of halogens is 1. The van der Waals surface area contributed by atoms with Crippen molar-refractivity contribution in [3.05, 3.63) is 26.9 Å². The van der Waals surface area contributed by atoms with Gasteiger partial charge in [-0.2, -0.15) is 0 Å². The molecule has 0 bridgehead atoms. The zero-order valence-electron chi connectivity index (χ0n) is 9.43. The van der Waals surface area contributed by atoms with Gasteiger partial charge in [0.05, 0.1) is 3.79 Å². The summed E-state index contributed by atoms with van der Waals surface area (Å²) in [5, 5.41) is 2.01. The number of hydrogen-bond acceptors (Lipinski definition) is 3. The van der Waals surface area contributed by atoms with Crippen LogP contribution < -0.4 is 5.73 Å². The van der Waals surface area contributed by atoms with Crippen LogP contribution in [0.25, 0.3) is 6.08 Å². The lowest BCUT2D eigenvalue weighted by atomic mass is 10.1. The van der Waals surface area contributed by atoms with E-state index in [0.717, 1.165) is 28.7 Å². The average molecular weight is 315 g/mol. The second kappa shape index (κ2) is 5.80. The quantitative estimate of drug-likeness (QED) is 0.852. The number of carbonyl (C=O) groups excluding carboxylic acids is 1. The summed E-state index contributed by atoms with van der Waals surface area (Å²) in [5.74, 6) is 0.0578. The third-order valence-electron chi connectivity index (χ3n) is 2.78. The third-order valence-corrected chi connectivity index (χ3v) is 4.30. The minimum atomic E-state index is 0.0578. The Balaban J connectivity index is 1.94. The van der Waals surface area contributed by atoms with E-state index in [9.17, 15) is 4.79 Å². The smallest absolute Gasteiger partial charge is 0.246 e. The minimum absolute atomic E-state index is 0.0578. The van der Waals surface area contributed by atoms with Crippen LogP contribution in [-0.4, -0.2) is 29.9 Å². The van der Waals surface area contributed by atoms with E-state index >= 15 is 0 Å². The Bertz CT molecular complexity index is 430. The van der Waals surface area contributed by atoms with Crippen LogP contribution in [0.5, 0.6) is 0 Å². The maximum atomic E-state index is 11.9. The second-order valence-corrected chi connectivity index (χ2v) is 6.49. The number of amides is 1. The van der Waals surface area contributed by atoms with Crippen molar-refractivity contribution in [3.8, 4) is 0 Å². The molecule has 0 saturated carbocycles. The molecule has 2 rings (SSSR count). The highest BCUT2D eigenvalue weighted by molar-refractivity contribution is 9.11. The van der Waals surface area contributed by atoms with Gasteiger partial charge in [0.25, 0.3) is 0 Å². The highest BCUT2D eigenvalue weighted by atomic mass is 79.9. The first-order valence-electron chi connectivity index (χ1n) is 5.62. The summed E-state index contributed by atoms with van der Waals surface area (Å²) in [6.07, 6.45) is 5.51. The molecule has 92 valence electrons. The van der Waals surface area contributed by atoms with E-state index in [1.165, 1.54) is 0 Å². The topological polar surface area (TPSA) is 46.3 Å². The summed E-state index contributed by atoms with van der Waals surface area (Å²) < 4.78 is 1.07. The predicted octanol–water partition coefficient (Wildman–Crippen LogP) is 2.47. The third kappa shape index (κ3) is 3.66. The van der Waals surface area contributed by atoms with Crippen LogP contribution in [0.1, 0.15) is 18.4 Å².